The summed E-state index contributed by atoms with van der Waals surface area (Å²) in [7, 11) is 0. The molecule has 0 saturated carbocycles. The van der Waals surface area contributed by atoms with E-state index < -0.39 is 11.7 Å². The Hall–Kier alpha value is -1.84. The third-order valence-electron chi connectivity index (χ3n) is 3.57. The summed E-state index contributed by atoms with van der Waals surface area (Å²) in [6.07, 6.45) is 0. The molecular weight excluding hydrogens is 309 g/mol. The fraction of sp³-hybridized carbons (Fsp3) is 0.125. The number of amides is 1. The minimum Gasteiger partial charge on any atom is -0.300 e. The Bertz CT molecular complexity index is 751. The fourth-order valence-electron chi connectivity index (χ4n) is 2.53. The number of aryl methyl sites for hydroxylation is 1. The second-order valence-corrected chi connectivity index (χ2v) is 5.71. The van der Waals surface area contributed by atoms with Crippen LogP contribution in [0.2, 0.25) is 10.0 Å². The minimum absolute atomic E-state index is 0.181. The fourth-order valence-corrected chi connectivity index (χ4v) is 3.05. The first-order chi connectivity index (χ1) is 10.0. The molecule has 3 nitrogen and oxygen atoms in total. The van der Waals surface area contributed by atoms with E-state index in [-0.39, 0.29) is 6.54 Å². The number of rotatable bonds is 2. The van der Waals surface area contributed by atoms with E-state index >= 15 is 0 Å². The zero-order valence-corrected chi connectivity index (χ0v) is 12.7. The Balaban J connectivity index is 2.09. The molecule has 3 rings (SSSR count). The molecule has 0 fully saturated rings. The van der Waals surface area contributed by atoms with Crippen LogP contribution in [0.5, 0.6) is 0 Å². The molecule has 0 aromatic heterocycles. The molecule has 2 aromatic carbocycles. The Morgan fingerprint density at radius 3 is 2.29 bits per heavy atom. The first-order valence-corrected chi connectivity index (χ1v) is 7.15. The highest BCUT2D eigenvalue weighted by atomic mass is 35.5. The number of para-hydroxylation sites is 1. The van der Waals surface area contributed by atoms with Gasteiger partial charge in [0, 0.05) is 15.6 Å². The average molecular weight is 320 g/mol. The van der Waals surface area contributed by atoms with Crippen LogP contribution in [0.25, 0.3) is 0 Å². The van der Waals surface area contributed by atoms with E-state index in [1.807, 2.05) is 13.0 Å². The molecule has 0 N–H and O–H groups in total. The lowest BCUT2D eigenvalue weighted by Gasteiger charge is -2.19. The Labute approximate surface area is 132 Å². The van der Waals surface area contributed by atoms with Crippen LogP contribution in [-0.2, 0) is 11.3 Å². The molecule has 0 saturated heterocycles. The minimum atomic E-state index is -0.546. The van der Waals surface area contributed by atoms with Crippen LogP contribution in [0.4, 0.5) is 5.69 Å². The second-order valence-electron chi connectivity index (χ2n) is 4.89. The van der Waals surface area contributed by atoms with E-state index in [1.165, 1.54) is 4.90 Å². The van der Waals surface area contributed by atoms with Crippen molar-refractivity contribution in [2.24, 2.45) is 0 Å². The molecule has 1 aliphatic rings. The number of hydrogen-bond acceptors (Lipinski definition) is 2. The molecule has 0 spiro atoms. The Morgan fingerprint density at radius 1 is 1.00 bits per heavy atom. The molecule has 0 radical (unpaired) electrons. The lowest BCUT2D eigenvalue weighted by Crippen LogP contribution is -2.29. The number of benzene rings is 2. The SMILES string of the molecule is Cc1cccc2c1N(Cc1c(Cl)cccc1Cl)C(=O)C2=O. The van der Waals surface area contributed by atoms with Gasteiger partial charge in [-0.15, -0.1) is 0 Å². The summed E-state index contributed by atoms with van der Waals surface area (Å²) in [5, 5.41) is 0.953. The van der Waals surface area contributed by atoms with Crippen LogP contribution in [0.3, 0.4) is 0 Å². The largest absolute Gasteiger partial charge is 0.300 e. The zero-order valence-electron chi connectivity index (χ0n) is 11.2. The number of hydrogen-bond donors (Lipinski definition) is 0. The smallest absolute Gasteiger partial charge is 0.299 e. The molecule has 0 atom stereocenters. The highest BCUT2D eigenvalue weighted by Crippen LogP contribution is 2.35. The second kappa shape index (κ2) is 5.17. The topological polar surface area (TPSA) is 37.4 Å². The van der Waals surface area contributed by atoms with Crippen LogP contribution >= 0.6 is 23.2 Å². The van der Waals surface area contributed by atoms with E-state index in [0.29, 0.717) is 26.9 Å². The van der Waals surface area contributed by atoms with Gasteiger partial charge in [0.05, 0.1) is 17.8 Å². The van der Waals surface area contributed by atoms with Gasteiger partial charge in [-0.25, -0.2) is 0 Å². The van der Waals surface area contributed by atoms with Gasteiger partial charge in [0.15, 0.2) is 0 Å². The van der Waals surface area contributed by atoms with Crippen molar-refractivity contribution in [1.29, 1.82) is 0 Å². The predicted molar refractivity (Wildman–Crippen MR) is 83.2 cm³/mol. The molecule has 1 heterocycles. The lowest BCUT2D eigenvalue weighted by atomic mass is 10.1. The van der Waals surface area contributed by atoms with Crippen molar-refractivity contribution >= 4 is 40.6 Å². The molecule has 0 aliphatic carbocycles. The number of nitrogens with zero attached hydrogens (tertiary/aromatic N) is 1. The maximum Gasteiger partial charge on any atom is 0.299 e. The summed E-state index contributed by atoms with van der Waals surface area (Å²) in [6.45, 7) is 2.05. The first kappa shape index (κ1) is 14.1. The number of anilines is 1. The van der Waals surface area contributed by atoms with Crippen molar-refractivity contribution in [3.05, 3.63) is 63.1 Å². The van der Waals surface area contributed by atoms with Gasteiger partial charge < -0.3 is 0 Å². The summed E-state index contributed by atoms with van der Waals surface area (Å²) in [5.41, 5.74) is 2.58. The van der Waals surface area contributed by atoms with Gasteiger partial charge in [-0.3, -0.25) is 14.5 Å². The van der Waals surface area contributed by atoms with Crippen LogP contribution in [0, 0.1) is 6.92 Å². The number of fused-ring (bicyclic) bond motifs is 1. The van der Waals surface area contributed by atoms with Gasteiger partial charge in [0.25, 0.3) is 11.7 Å². The molecule has 2 aromatic rings. The average Bonchev–Trinajstić information content (AvgIpc) is 2.69. The van der Waals surface area contributed by atoms with Crippen molar-refractivity contribution in [3.8, 4) is 0 Å². The highest BCUT2D eigenvalue weighted by molar-refractivity contribution is 6.52. The maximum atomic E-state index is 12.2. The first-order valence-electron chi connectivity index (χ1n) is 6.39. The number of Topliss-reactive ketones (excluding diaryl/α,β-unsaturated/α-hetero) is 1. The van der Waals surface area contributed by atoms with Gasteiger partial charge in [-0.1, -0.05) is 41.4 Å². The molecule has 1 amide bonds. The van der Waals surface area contributed by atoms with E-state index in [0.717, 1.165) is 5.56 Å². The van der Waals surface area contributed by atoms with Crippen molar-refractivity contribution in [2.75, 3.05) is 4.90 Å². The van der Waals surface area contributed by atoms with Gasteiger partial charge in [-0.2, -0.15) is 0 Å². The van der Waals surface area contributed by atoms with Crippen molar-refractivity contribution < 1.29 is 9.59 Å². The zero-order chi connectivity index (χ0) is 15.1. The number of carbonyl (C=O) groups is 2. The van der Waals surface area contributed by atoms with Crippen molar-refractivity contribution in [1.82, 2.24) is 0 Å². The van der Waals surface area contributed by atoms with Gasteiger partial charge in [0.1, 0.15) is 0 Å². The van der Waals surface area contributed by atoms with E-state index in [2.05, 4.69) is 0 Å². The summed E-state index contributed by atoms with van der Waals surface area (Å²) >= 11 is 12.3. The maximum absolute atomic E-state index is 12.2. The number of carbonyl (C=O) groups excluding carboxylic acids is 2. The highest BCUT2D eigenvalue weighted by Gasteiger charge is 2.37. The molecule has 1 aliphatic heterocycles. The van der Waals surface area contributed by atoms with Crippen LogP contribution < -0.4 is 4.90 Å². The normalized spacial score (nSPS) is 13.8. The monoisotopic (exact) mass is 319 g/mol. The van der Waals surface area contributed by atoms with Crippen LogP contribution in [0.1, 0.15) is 21.5 Å². The van der Waals surface area contributed by atoms with Crippen LogP contribution in [0.15, 0.2) is 36.4 Å². The number of ketones is 1. The standard InChI is InChI=1S/C16H11Cl2NO2/c1-9-4-2-5-10-14(9)19(16(21)15(10)20)8-11-12(17)6-3-7-13(11)18/h2-7H,8H2,1H3. The van der Waals surface area contributed by atoms with Gasteiger partial charge in [0.2, 0.25) is 0 Å². The molecular formula is C16H11Cl2NO2. The Morgan fingerprint density at radius 2 is 1.62 bits per heavy atom. The third kappa shape index (κ3) is 2.23. The van der Waals surface area contributed by atoms with Crippen molar-refractivity contribution in [2.45, 2.75) is 13.5 Å². The molecule has 21 heavy (non-hydrogen) atoms. The van der Waals surface area contributed by atoms with Gasteiger partial charge >= 0.3 is 0 Å². The molecule has 106 valence electrons. The molecule has 0 unspecified atom stereocenters. The lowest BCUT2D eigenvalue weighted by molar-refractivity contribution is -0.114. The predicted octanol–water partition coefficient (Wildman–Crippen LogP) is 4.03. The van der Waals surface area contributed by atoms with E-state index in [1.54, 1.807) is 30.3 Å². The number of halogens is 2. The summed E-state index contributed by atoms with van der Waals surface area (Å²) in [4.78, 5) is 25.7. The summed E-state index contributed by atoms with van der Waals surface area (Å²) in [5.74, 6) is -1.04. The van der Waals surface area contributed by atoms with E-state index in [4.69, 9.17) is 23.2 Å². The quantitative estimate of drug-likeness (QED) is 0.784. The summed E-state index contributed by atoms with van der Waals surface area (Å²) < 4.78 is 0. The molecule has 0 bridgehead atoms. The Kier molecular flexibility index (Phi) is 3.47. The third-order valence-corrected chi connectivity index (χ3v) is 4.28. The van der Waals surface area contributed by atoms with Crippen molar-refractivity contribution in [3.63, 3.8) is 0 Å². The summed E-state index contributed by atoms with van der Waals surface area (Å²) in [6, 6.07) is 10.5. The van der Waals surface area contributed by atoms with Gasteiger partial charge in [-0.05, 0) is 30.7 Å². The molecule has 5 heteroatoms. The van der Waals surface area contributed by atoms with Crippen LogP contribution in [-0.4, -0.2) is 11.7 Å². The van der Waals surface area contributed by atoms with E-state index in [9.17, 15) is 9.59 Å².